The molecule has 0 fully saturated rings. The molecule has 282 valence electrons. The summed E-state index contributed by atoms with van der Waals surface area (Å²) in [6.45, 7) is 0. The van der Waals surface area contributed by atoms with E-state index in [1.54, 1.807) is 0 Å². The number of benzene rings is 10. The van der Waals surface area contributed by atoms with E-state index < -0.39 is 0 Å². The fourth-order valence-corrected chi connectivity index (χ4v) is 9.54. The van der Waals surface area contributed by atoms with Gasteiger partial charge in [0.2, 0.25) is 0 Å². The van der Waals surface area contributed by atoms with Crippen LogP contribution in [0.1, 0.15) is 5.56 Å². The van der Waals surface area contributed by atoms with Gasteiger partial charge in [-0.2, -0.15) is 5.26 Å². The first-order chi connectivity index (χ1) is 30.2. The maximum absolute atomic E-state index is 9.95. The van der Waals surface area contributed by atoms with Crippen LogP contribution in [0.3, 0.4) is 0 Å². The Balaban J connectivity index is 1.17. The van der Waals surface area contributed by atoms with Crippen molar-refractivity contribution in [2.75, 3.05) is 0 Å². The minimum atomic E-state index is 0.648. The van der Waals surface area contributed by atoms with Crippen molar-refractivity contribution in [2.24, 2.45) is 0 Å². The van der Waals surface area contributed by atoms with Crippen LogP contribution >= 0.6 is 0 Å². The number of nitriles is 1. The number of para-hydroxylation sites is 1. The molecule has 0 radical (unpaired) electrons. The molecule has 2 heterocycles. The van der Waals surface area contributed by atoms with Crippen LogP contribution in [0.2, 0.25) is 0 Å². The Morgan fingerprint density at radius 2 is 0.869 bits per heavy atom. The number of fused-ring (bicyclic) bond motifs is 7. The Morgan fingerprint density at radius 1 is 0.361 bits per heavy atom. The normalized spacial score (nSPS) is 11.6. The van der Waals surface area contributed by atoms with E-state index in [1.807, 2.05) is 30.5 Å². The van der Waals surface area contributed by atoms with Gasteiger partial charge < -0.3 is 4.57 Å². The van der Waals surface area contributed by atoms with E-state index in [2.05, 4.69) is 193 Å². The quantitative estimate of drug-likeness (QED) is 0.163. The molecular weight excluding hydrogens is 739 g/mol. The maximum atomic E-state index is 9.95. The summed E-state index contributed by atoms with van der Waals surface area (Å²) in [6, 6.07) is 76.6. The van der Waals surface area contributed by atoms with Gasteiger partial charge in [-0.05, 0) is 155 Å². The predicted octanol–water partition coefficient (Wildman–Crippen LogP) is 15.3. The highest BCUT2D eigenvalue weighted by molar-refractivity contribution is 6.23. The molecule has 12 aromatic rings. The molecule has 0 saturated heterocycles. The molecule has 0 aliphatic heterocycles. The smallest absolute Gasteiger partial charge is 0.0991 e. The topological polar surface area (TPSA) is 41.6 Å². The van der Waals surface area contributed by atoms with Crippen LogP contribution in [-0.2, 0) is 0 Å². The lowest BCUT2D eigenvalue weighted by atomic mass is 9.83. The van der Waals surface area contributed by atoms with Crippen LogP contribution in [0.4, 0.5) is 0 Å². The molecule has 0 atom stereocenters. The fourth-order valence-electron chi connectivity index (χ4n) is 9.54. The largest absolute Gasteiger partial charge is 0.309 e. The second kappa shape index (κ2) is 13.9. The van der Waals surface area contributed by atoms with Crippen molar-refractivity contribution < 1.29 is 0 Å². The van der Waals surface area contributed by atoms with E-state index in [4.69, 9.17) is 4.98 Å². The SMILES string of the molecule is N#Cc1ccc2c(c1)c1cc(-c3ccc4c(-c5ccc6ccccc6c5)c5cc(-c6ccccn6)ccc5c(-c5ccc6ccccc6c5)c4c3)ccc1n2-c1ccccc1. The molecule has 0 amide bonds. The van der Waals surface area contributed by atoms with Gasteiger partial charge in [0, 0.05) is 28.2 Å². The zero-order valence-corrected chi connectivity index (χ0v) is 33.0. The van der Waals surface area contributed by atoms with E-state index in [9.17, 15) is 5.26 Å². The van der Waals surface area contributed by atoms with E-state index in [0.29, 0.717) is 5.56 Å². The summed E-state index contributed by atoms with van der Waals surface area (Å²) in [4.78, 5) is 4.77. The zero-order valence-electron chi connectivity index (χ0n) is 33.0. The minimum Gasteiger partial charge on any atom is -0.309 e. The Labute approximate surface area is 352 Å². The Bertz CT molecular complexity index is 3760. The number of pyridine rings is 1. The molecule has 12 rings (SSSR count). The van der Waals surface area contributed by atoms with Gasteiger partial charge in [-0.3, -0.25) is 4.98 Å². The van der Waals surface area contributed by atoms with Gasteiger partial charge in [-0.15, -0.1) is 0 Å². The van der Waals surface area contributed by atoms with Gasteiger partial charge >= 0.3 is 0 Å². The molecule has 0 unspecified atom stereocenters. The molecular formula is C58H35N3. The van der Waals surface area contributed by atoms with E-state index in [1.165, 1.54) is 65.3 Å². The van der Waals surface area contributed by atoms with Gasteiger partial charge in [-0.1, -0.05) is 127 Å². The second-order valence-corrected chi connectivity index (χ2v) is 15.9. The zero-order chi connectivity index (χ0) is 40.4. The highest BCUT2D eigenvalue weighted by atomic mass is 15.0. The highest BCUT2D eigenvalue weighted by Gasteiger charge is 2.20. The standard InChI is InChI=1S/C58H35N3/c59-36-37-17-27-55-50(30-37)51-33-43(24-28-56(51)61(55)47-14-2-1-3-15-47)42-22-25-48-52(34-42)57(45-20-18-38-10-4-6-12-40(38)31-45)49-26-23-44(54-16-8-9-29-60-54)35-53(49)58(48)46-21-19-39-11-5-7-13-41(39)32-46/h1-35H. The lowest BCUT2D eigenvalue weighted by molar-refractivity contribution is 1.18. The summed E-state index contributed by atoms with van der Waals surface area (Å²) >= 11 is 0. The van der Waals surface area contributed by atoms with Crippen LogP contribution in [0.5, 0.6) is 0 Å². The molecule has 0 N–H and O–H groups in total. The Hall–Kier alpha value is -8.32. The molecule has 0 bridgehead atoms. The van der Waals surface area contributed by atoms with Crippen molar-refractivity contribution in [3.8, 4) is 56.4 Å². The molecule has 10 aromatic carbocycles. The molecule has 0 aliphatic rings. The number of hydrogen-bond acceptors (Lipinski definition) is 2. The first-order valence-corrected chi connectivity index (χ1v) is 20.7. The summed E-state index contributed by atoms with van der Waals surface area (Å²) in [5.74, 6) is 0. The molecule has 0 spiro atoms. The molecule has 0 saturated carbocycles. The van der Waals surface area contributed by atoms with Crippen LogP contribution in [0.25, 0.3) is 115 Å². The number of rotatable bonds is 5. The summed E-state index contributed by atoms with van der Waals surface area (Å²) in [7, 11) is 0. The van der Waals surface area contributed by atoms with E-state index >= 15 is 0 Å². The van der Waals surface area contributed by atoms with Gasteiger partial charge in [0.1, 0.15) is 0 Å². The van der Waals surface area contributed by atoms with E-state index in [-0.39, 0.29) is 0 Å². The van der Waals surface area contributed by atoms with Crippen LogP contribution < -0.4 is 0 Å². The first kappa shape index (κ1) is 34.7. The summed E-state index contributed by atoms with van der Waals surface area (Å²) < 4.78 is 2.30. The van der Waals surface area contributed by atoms with Gasteiger partial charge in [0.25, 0.3) is 0 Å². The lowest BCUT2D eigenvalue weighted by Gasteiger charge is -2.20. The predicted molar refractivity (Wildman–Crippen MR) is 255 cm³/mol. The Morgan fingerprint density at radius 3 is 1.49 bits per heavy atom. The highest BCUT2D eigenvalue weighted by Crippen LogP contribution is 2.47. The number of aromatic nitrogens is 2. The average molecular weight is 774 g/mol. The number of hydrogen-bond donors (Lipinski definition) is 0. The molecule has 3 heteroatoms. The molecule has 0 aliphatic carbocycles. The van der Waals surface area contributed by atoms with Crippen molar-refractivity contribution in [3.63, 3.8) is 0 Å². The third kappa shape index (κ3) is 5.69. The maximum Gasteiger partial charge on any atom is 0.0991 e. The van der Waals surface area contributed by atoms with Crippen molar-refractivity contribution in [1.29, 1.82) is 5.26 Å². The minimum absolute atomic E-state index is 0.648. The van der Waals surface area contributed by atoms with Crippen molar-refractivity contribution in [2.45, 2.75) is 0 Å². The summed E-state index contributed by atoms with van der Waals surface area (Å²) in [5.41, 5.74) is 12.9. The van der Waals surface area contributed by atoms with Crippen LogP contribution in [0, 0.1) is 11.3 Å². The van der Waals surface area contributed by atoms with Crippen LogP contribution in [-0.4, -0.2) is 9.55 Å². The molecule has 3 nitrogen and oxygen atoms in total. The van der Waals surface area contributed by atoms with Crippen molar-refractivity contribution in [3.05, 3.63) is 218 Å². The monoisotopic (exact) mass is 773 g/mol. The second-order valence-electron chi connectivity index (χ2n) is 15.9. The van der Waals surface area contributed by atoms with Gasteiger partial charge in [0.05, 0.1) is 28.4 Å². The van der Waals surface area contributed by atoms with Gasteiger partial charge in [0.15, 0.2) is 0 Å². The van der Waals surface area contributed by atoms with Crippen LogP contribution in [0.15, 0.2) is 212 Å². The Kier molecular flexibility index (Phi) is 7.91. The first-order valence-electron chi connectivity index (χ1n) is 20.7. The lowest BCUT2D eigenvalue weighted by Crippen LogP contribution is -1.94. The van der Waals surface area contributed by atoms with Crippen molar-refractivity contribution in [1.82, 2.24) is 9.55 Å². The van der Waals surface area contributed by atoms with Crippen molar-refractivity contribution >= 4 is 64.9 Å². The third-order valence-electron chi connectivity index (χ3n) is 12.4. The fraction of sp³-hybridized carbons (Fsp3) is 0. The van der Waals surface area contributed by atoms with E-state index in [0.717, 1.165) is 49.9 Å². The van der Waals surface area contributed by atoms with Gasteiger partial charge in [-0.25, -0.2) is 0 Å². The molecule has 2 aromatic heterocycles. The third-order valence-corrected chi connectivity index (χ3v) is 12.4. The number of nitrogens with zero attached hydrogens (tertiary/aromatic N) is 3. The summed E-state index contributed by atoms with van der Waals surface area (Å²) in [6.07, 6.45) is 1.87. The molecule has 61 heavy (non-hydrogen) atoms. The summed E-state index contributed by atoms with van der Waals surface area (Å²) in [5, 5.41) is 21.7. The average Bonchev–Trinajstić information content (AvgIpc) is 3.66.